The molecule has 3 aromatic heterocycles. The summed E-state index contributed by atoms with van der Waals surface area (Å²) in [6.45, 7) is 4.09. The Hall–Kier alpha value is -4.01. The van der Waals surface area contributed by atoms with E-state index in [4.69, 9.17) is 15.0 Å². The molecule has 0 spiro atoms. The standard InChI is InChI=1S/C29H27N7S/c1-18-6-19(15-36(2)3)8-21(7-18)26-9-23-22(11-32-26)10-31-17-34-28(23)29-33-13-25-24(20-4-5-37-16-20)12-30-14-27(25)35-29/h4-9,11-12,14,16-17H,10,13,15H2,1-3H3,(H,33,35). The van der Waals surface area contributed by atoms with Crippen molar-refractivity contribution in [2.75, 3.05) is 19.4 Å². The number of amidine groups is 1. The number of anilines is 1. The maximum absolute atomic E-state index is 4.93. The van der Waals surface area contributed by atoms with Crippen LogP contribution in [0.4, 0.5) is 5.69 Å². The summed E-state index contributed by atoms with van der Waals surface area (Å²) in [4.78, 5) is 25.6. The van der Waals surface area contributed by atoms with Gasteiger partial charge in [0.1, 0.15) is 12.1 Å². The molecule has 5 heterocycles. The van der Waals surface area contributed by atoms with Crippen LogP contribution in [0.15, 0.2) is 74.7 Å². The van der Waals surface area contributed by atoms with Crippen molar-refractivity contribution in [3.63, 3.8) is 0 Å². The van der Waals surface area contributed by atoms with Gasteiger partial charge in [-0.3, -0.25) is 20.0 Å². The van der Waals surface area contributed by atoms with E-state index in [0.717, 1.165) is 57.3 Å². The monoisotopic (exact) mass is 505 g/mol. The first-order valence-corrected chi connectivity index (χ1v) is 13.1. The molecule has 0 unspecified atom stereocenters. The molecule has 2 aliphatic heterocycles. The number of thiophene rings is 1. The highest BCUT2D eigenvalue weighted by Crippen LogP contribution is 2.33. The van der Waals surface area contributed by atoms with Crippen molar-refractivity contribution >= 4 is 34.9 Å². The minimum absolute atomic E-state index is 0.531. The summed E-state index contributed by atoms with van der Waals surface area (Å²) >= 11 is 1.68. The number of nitrogens with one attached hydrogen (secondary N) is 1. The van der Waals surface area contributed by atoms with Gasteiger partial charge in [0.25, 0.3) is 0 Å². The Morgan fingerprint density at radius 3 is 2.76 bits per heavy atom. The fourth-order valence-corrected chi connectivity index (χ4v) is 5.50. The molecule has 6 rings (SSSR count). The van der Waals surface area contributed by atoms with E-state index >= 15 is 0 Å². The molecule has 1 N–H and O–H groups in total. The van der Waals surface area contributed by atoms with E-state index in [9.17, 15) is 0 Å². The third kappa shape index (κ3) is 4.73. The molecule has 4 aromatic rings. The molecule has 7 nitrogen and oxygen atoms in total. The van der Waals surface area contributed by atoms with Crippen LogP contribution in [0, 0.1) is 6.92 Å². The molecule has 2 aliphatic rings. The van der Waals surface area contributed by atoms with E-state index < -0.39 is 0 Å². The van der Waals surface area contributed by atoms with Crippen LogP contribution >= 0.6 is 11.3 Å². The van der Waals surface area contributed by atoms with Crippen LogP contribution in [-0.4, -0.2) is 46.8 Å². The van der Waals surface area contributed by atoms with E-state index in [1.807, 2.05) is 18.6 Å². The van der Waals surface area contributed by atoms with Gasteiger partial charge in [-0.15, -0.1) is 0 Å². The summed E-state index contributed by atoms with van der Waals surface area (Å²) in [6.07, 6.45) is 7.32. The quantitative estimate of drug-likeness (QED) is 0.383. The number of pyridine rings is 2. The lowest BCUT2D eigenvalue weighted by Crippen LogP contribution is -2.28. The summed E-state index contributed by atoms with van der Waals surface area (Å²) in [7, 11) is 4.17. The van der Waals surface area contributed by atoms with Gasteiger partial charge in [-0.25, -0.2) is 4.99 Å². The van der Waals surface area contributed by atoms with Crippen molar-refractivity contribution < 1.29 is 0 Å². The first kappa shape index (κ1) is 23.4. The van der Waals surface area contributed by atoms with E-state index in [1.54, 1.807) is 17.7 Å². The highest BCUT2D eigenvalue weighted by molar-refractivity contribution is 7.08. The van der Waals surface area contributed by atoms with E-state index in [-0.39, 0.29) is 0 Å². The second-order valence-corrected chi connectivity index (χ2v) is 10.4. The number of aliphatic imine (C=N–C) groups is 3. The molecule has 1 aromatic carbocycles. The minimum atomic E-state index is 0.531. The molecule has 0 atom stereocenters. The molecule has 0 saturated heterocycles. The summed E-state index contributed by atoms with van der Waals surface area (Å²) in [6, 6.07) is 10.9. The topological polar surface area (TPSA) is 78.1 Å². The normalized spacial score (nSPS) is 14.4. The Kier molecular flexibility index (Phi) is 6.20. The first-order chi connectivity index (χ1) is 18.0. The number of aryl methyl sites for hydroxylation is 1. The number of nitrogens with zero attached hydrogens (tertiary/aromatic N) is 6. The van der Waals surface area contributed by atoms with E-state index in [2.05, 4.69) is 82.3 Å². The molecule has 37 heavy (non-hydrogen) atoms. The summed E-state index contributed by atoms with van der Waals surface area (Å²) in [5, 5.41) is 7.73. The van der Waals surface area contributed by atoms with E-state index in [1.165, 1.54) is 16.7 Å². The van der Waals surface area contributed by atoms with Crippen molar-refractivity contribution in [1.29, 1.82) is 0 Å². The molecule has 0 radical (unpaired) electrons. The third-order valence-electron chi connectivity index (χ3n) is 6.47. The lowest BCUT2D eigenvalue weighted by molar-refractivity contribution is 0.402. The highest BCUT2D eigenvalue weighted by atomic mass is 32.1. The molecule has 184 valence electrons. The third-order valence-corrected chi connectivity index (χ3v) is 7.15. The number of hydrogen-bond donors (Lipinski definition) is 1. The molecule has 0 saturated carbocycles. The van der Waals surface area contributed by atoms with Gasteiger partial charge < -0.3 is 10.2 Å². The van der Waals surface area contributed by atoms with Crippen LogP contribution in [0.5, 0.6) is 0 Å². The number of fused-ring (bicyclic) bond motifs is 2. The molecular formula is C29H27N7S. The van der Waals surface area contributed by atoms with Crippen molar-refractivity contribution in [2.24, 2.45) is 15.0 Å². The SMILES string of the molecule is Cc1cc(CN(C)C)cc(-c2cc3c(cn2)CN=CN=C3C2=NCc3c(cncc3-c3ccsc3)N2)c1. The summed E-state index contributed by atoms with van der Waals surface area (Å²) in [5.41, 5.74) is 11.7. The smallest absolute Gasteiger partial charge is 0.152 e. The molecule has 0 aliphatic carbocycles. The van der Waals surface area contributed by atoms with Gasteiger partial charge >= 0.3 is 0 Å². The average molecular weight is 506 g/mol. The Bertz CT molecular complexity index is 1570. The van der Waals surface area contributed by atoms with Crippen LogP contribution in [0.2, 0.25) is 0 Å². The van der Waals surface area contributed by atoms with Gasteiger partial charge in [-0.1, -0.05) is 11.6 Å². The summed E-state index contributed by atoms with van der Waals surface area (Å²) in [5.74, 6) is 0.723. The van der Waals surface area contributed by atoms with Gasteiger partial charge in [-0.2, -0.15) is 11.3 Å². The van der Waals surface area contributed by atoms with Crippen molar-refractivity contribution in [2.45, 2.75) is 26.6 Å². The zero-order chi connectivity index (χ0) is 25.4. The molecule has 0 amide bonds. The van der Waals surface area contributed by atoms with Gasteiger partial charge in [0.15, 0.2) is 5.84 Å². The van der Waals surface area contributed by atoms with Crippen LogP contribution in [-0.2, 0) is 19.6 Å². The number of hydrogen-bond acceptors (Lipinski definition) is 8. The minimum Gasteiger partial charge on any atom is -0.337 e. The van der Waals surface area contributed by atoms with Crippen LogP contribution in [0.25, 0.3) is 22.4 Å². The van der Waals surface area contributed by atoms with Crippen molar-refractivity contribution in [1.82, 2.24) is 14.9 Å². The number of benzene rings is 1. The Balaban J connectivity index is 1.38. The second kappa shape index (κ2) is 9.80. The van der Waals surface area contributed by atoms with Gasteiger partial charge in [0, 0.05) is 46.8 Å². The summed E-state index contributed by atoms with van der Waals surface area (Å²) < 4.78 is 0. The second-order valence-electron chi connectivity index (χ2n) is 9.62. The van der Waals surface area contributed by atoms with Gasteiger partial charge in [0.05, 0.1) is 30.7 Å². The first-order valence-electron chi connectivity index (χ1n) is 12.2. The molecule has 0 bridgehead atoms. The van der Waals surface area contributed by atoms with Crippen LogP contribution in [0.1, 0.15) is 27.8 Å². The fraction of sp³-hybridized carbons (Fsp3) is 0.207. The van der Waals surface area contributed by atoms with Gasteiger partial charge in [-0.05, 0) is 67.2 Å². The zero-order valence-electron chi connectivity index (χ0n) is 21.1. The highest BCUT2D eigenvalue weighted by Gasteiger charge is 2.24. The largest absolute Gasteiger partial charge is 0.337 e. The lowest BCUT2D eigenvalue weighted by Gasteiger charge is -2.22. The Labute approximate surface area is 220 Å². The van der Waals surface area contributed by atoms with Gasteiger partial charge in [0.2, 0.25) is 0 Å². The Morgan fingerprint density at radius 1 is 1.00 bits per heavy atom. The van der Waals surface area contributed by atoms with Crippen molar-refractivity contribution in [3.8, 4) is 22.4 Å². The fourth-order valence-electron chi connectivity index (χ4n) is 4.84. The predicted molar refractivity (Wildman–Crippen MR) is 153 cm³/mol. The van der Waals surface area contributed by atoms with Crippen LogP contribution < -0.4 is 5.32 Å². The number of rotatable bonds is 5. The predicted octanol–water partition coefficient (Wildman–Crippen LogP) is 5.60. The molecular weight excluding hydrogens is 478 g/mol. The van der Waals surface area contributed by atoms with Crippen molar-refractivity contribution in [3.05, 3.63) is 87.5 Å². The van der Waals surface area contributed by atoms with E-state index in [0.29, 0.717) is 13.1 Å². The number of aromatic nitrogens is 2. The maximum Gasteiger partial charge on any atom is 0.152 e. The zero-order valence-corrected chi connectivity index (χ0v) is 21.9. The maximum atomic E-state index is 4.93. The average Bonchev–Trinajstić information content (AvgIpc) is 3.34. The molecule has 0 fully saturated rings. The molecule has 8 heteroatoms. The Morgan fingerprint density at radius 2 is 1.92 bits per heavy atom. The van der Waals surface area contributed by atoms with Crippen LogP contribution in [0.3, 0.4) is 0 Å². The lowest BCUT2D eigenvalue weighted by atomic mass is 9.97.